The van der Waals surface area contributed by atoms with Crippen molar-refractivity contribution in [1.29, 1.82) is 0 Å². The third-order valence-corrected chi connectivity index (χ3v) is 4.30. The summed E-state index contributed by atoms with van der Waals surface area (Å²) in [6.07, 6.45) is 4.86. The Labute approximate surface area is 139 Å². The number of carbonyl (C=O) groups excluding carboxylic acids is 1. The van der Waals surface area contributed by atoms with Crippen molar-refractivity contribution in [3.63, 3.8) is 0 Å². The van der Waals surface area contributed by atoms with Gasteiger partial charge in [-0.05, 0) is 24.8 Å². The van der Waals surface area contributed by atoms with Crippen molar-refractivity contribution in [3.05, 3.63) is 52.9 Å². The van der Waals surface area contributed by atoms with Crippen LogP contribution in [0, 0.1) is 0 Å². The van der Waals surface area contributed by atoms with E-state index in [9.17, 15) is 14.7 Å². The van der Waals surface area contributed by atoms with Gasteiger partial charge in [-0.3, -0.25) is 4.79 Å². The predicted octanol–water partition coefficient (Wildman–Crippen LogP) is 2.37. The molecule has 0 unspecified atom stereocenters. The fraction of sp³-hybridized carbons (Fsp3) is 0.389. The van der Waals surface area contributed by atoms with Gasteiger partial charge in [0, 0.05) is 18.4 Å². The molecular formula is C18H20N2O4. The number of carboxylic acid groups (broad SMARTS) is 1. The van der Waals surface area contributed by atoms with Crippen molar-refractivity contribution in [2.24, 2.45) is 0 Å². The van der Waals surface area contributed by atoms with Crippen molar-refractivity contribution in [3.8, 4) is 0 Å². The van der Waals surface area contributed by atoms with Gasteiger partial charge >= 0.3 is 5.97 Å². The zero-order valence-electron chi connectivity index (χ0n) is 13.3. The van der Waals surface area contributed by atoms with Crippen molar-refractivity contribution >= 4 is 11.9 Å². The van der Waals surface area contributed by atoms with E-state index >= 15 is 0 Å². The maximum absolute atomic E-state index is 12.5. The molecule has 1 heterocycles. The molecule has 0 fully saturated rings. The van der Waals surface area contributed by atoms with E-state index in [-0.39, 0.29) is 12.1 Å². The molecule has 6 nitrogen and oxygen atoms in total. The average molecular weight is 328 g/mol. The quantitative estimate of drug-likeness (QED) is 0.822. The second-order valence-electron chi connectivity index (χ2n) is 6.05. The molecule has 0 radical (unpaired) electrons. The summed E-state index contributed by atoms with van der Waals surface area (Å²) >= 11 is 0. The van der Waals surface area contributed by atoms with Gasteiger partial charge in [-0.1, -0.05) is 41.9 Å². The summed E-state index contributed by atoms with van der Waals surface area (Å²) in [6, 6.07) is 8.22. The molecule has 1 aliphatic rings. The Morgan fingerprint density at radius 3 is 2.67 bits per heavy atom. The minimum absolute atomic E-state index is 0.224. The molecular weight excluding hydrogens is 308 g/mol. The standard InChI is InChI=1S/C18H20N2O4/c21-17(16-13-9-5-2-6-10-15(13)24-20-16)19-14(18(22)23)11-12-7-3-1-4-8-12/h1,3-4,7-8,14H,2,5-6,9-11H2,(H,19,21)(H,22,23)/t14-/m0/s1. The van der Waals surface area contributed by atoms with Gasteiger partial charge in [0.25, 0.3) is 5.91 Å². The van der Waals surface area contributed by atoms with Gasteiger partial charge in [-0.15, -0.1) is 0 Å². The highest BCUT2D eigenvalue weighted by Crippen LogP contribution is 2.23. The summed E-state index contributed by atoms with van der Waals surface area (Å²) in [6.45, 7) is 0. The lowest BCUT2D eigenvalue weighted by molar-refractivity contribution is -0.139. The number of amides is 1. The molecule has 1 atom stereocenters. The molecule has 1 aromatic carbocycles. The lowest BCUT2D eigenvalue weighted by atomic mass is 10.0. The molecule has 2 aromatic rings. The van der Waals surface area contributed by atoms with Crippen molar-refractivity contribution in [2.45, 2.75) is 44.6 Å². The Kier molecular flexibility index (Phi) is 4.93. The Morgan fingerprint density at radius 1 is 1.17 bits per heavy atom. The number of carboxylic acids is 1. The molecule has 3 rings (SSSR count). The third kappa shape index (κ3) is 3.64. The van der Waals surface area contributed by atoms with Crippen LogP contribution in [0.1, 0.15) is 46.6 Å². The molecule has 0 saturated heterocycles. The Morgan fingerprint density at radius 2 is 1.92 bits per heavy atom. The molecule has 0 spiro atoms. The largest absolute Gasteiger partial charge is 0.480 e. The van der Waals surface area contributed by atoms with Gasteiger partial charge in [-0.2, -0.15) is 0 Å². The van der Waals surface area contributed by atoms with E-state index in [0.29, 0.717) is 0 Å². The van der Waals surface area contributed by atoms with Crippen LogP contribution >= 0.6 is 0 Å². The zero-order chi connectivity index (χ0) is 16.9. The highest BCUT2D eigenvalue weighted by molar-refractivity contribution is 5.96. The number of nitrogens with one attached hydrogen (secondary N) is 1. The second kappa shape index (κ2) is 7.29. The first-order valence-corrected chi connectivity index (χ1v) is 8.20. The number of hydrogen-bond acceptors (Lipinski definition) is 4. The summed E-state index contributed by atoms with van der Waals surface area (Å²) in [5.41, 5.74) is 1.91. The number of carbonyl (C=O) groups is 2. The smallest absolute Gasteiger partial charge is 0.326 e. The molecule has 24 heavy (non-hydrogen) atoms. The molecule has 2 N–H and O–H groups in total. The summed E-state index contributed by atoms with van der Waals surface area (Å²) in [5.74, 6) is -0.792. The number of hydrogen-bond donors (Lipinski definition) is 2. The maximum Gasteiger partial charge on any atom is 0.326 e. The monoisotopic (exact) mass is 328 g/mol. The third-order valence-electron chi connectivity index (χ3n) is 4.30. The molecule has 126 valence electrons. The molecule has 1 aromatic heterocycles. The van der Waals surface area contributed by atoms with Crippen molar-refractivity contribution < 1.29 is 19.2 Å². The summed E-state index contributed by atoms with van der Waals surface area (Å²) in [7, 11) is 0. The van der Waals surface area contributed by atoms with E-state index in [1.54, 1.807) is 0 Å². The highest BCUT2D eigenvalue weighted by atomic mass is 16.5. The summed E-state index contributed by atoms with van der Waals surface area (Å²) in [4.78, 5) is 24.0. The van der Waals surface area contributed by atoms with E-state index in [0.717, 1.165) is 49.0 Å². The Balaban J connectivity index is 1.74. The molecule has 6 heteroatoms. The highest BCUT2D eigenvalue weighted by Gasteiger charge is 2.27. The summed E-state index contributed by atoms with van der Waals surface area (Å²) in [5, 5.41) is 15.9. The lowest BCUT2D eigenvalue weighted by Gasteiger charge is -2.14. The lowest BCUT2D eigenvalue weighted by Crippen LogP contribution is -2.42. The molecule has 0 saturated carbocycles. The number of fused-ring (bicyclic) bond motifs is 1. The topological polar surface area (TPSA) is 92.4 Å². The number of aliphatic carboxylic acids is 1. The van der Waals surface area contributed by atoms with Crippen molar-refractivity contribution in [1.82, 2.24) is 10.5 Å². The number of rotatable bonds is 5. The first-order valence-electron chi connectivity index (χ1n) is 8.20. The fourth-order valence-corrected chi connectivity index (χ4v) is 3.02. The van der Waals surface area contributed by atoms with E-state index in [2.05, 4.69) is 10.5 Å². The van der Waals surface area contributed by atoms with Gasteiger partial charge in [0.1, 0.15) is 11.8 Å². The van der Waals surface area contributed by atoms with Crippen LogP contribution in [-0.2, 0) is 24.1 Å². The van der Waals surface area contributed by atoms with Crippen LogP contribution < -0.4 is 5.32 Å². The average Bonchev–Trinajstić information content (AvgIpc) is 2.84. The first-order chi connectivity index (χ1) is 11.6. The number of benzene rings is 1. The Bertz CT molecular complexity index is 724. The SMILES string of the molecule is O=C(N[C@@H](Cc1ccccc1)C(=O)O)c1noc2c1CCCCC2. The number of nitrogens with zero attached hydrogens (tertiary/aromatic N) is 1. The minimum atomic E-state index is -1.07. The van der Waals surface area contributed by atoms with Gasteiger partial charge in [-0.25, -0.2) is 4.79 Å². The van der Waals surface area contributed by atoms with Crippen LogP contribution in [0.3, 0.4) is 0 Å². The zero-order valence-corrected chi connectivity index (χ0v) is 13.3. The van der Waals surface area contributed by atoms with Crippen LogP contribution in [-0.4, -0.2) is 28.2 Å². The molecule has 0 bridgehead atoms. The van der Waals surface area contributed by atoms with E-state index in [1.807, 2.05) is 30.3 Å². The van der Waals surface area contributed by atoms with E-state index in [4.69, 9.17) is 4.52 Å². The van der Waals surface area contributed by atoms with Gasteiger partial charge in [0.2, 0.25) is 0 Å². The minimum Gasteiger partial charge on any atom is -0.480 e. The molecule has 0 aliphatic heterocycles. The van der Waals surface area contributed by atoms with Gasteiger partial charge in [0.05, 0.1) is 0 Å². The van der Waals surface area contributed by atoms with Gasteiger partial charge < -0.3 is 14.9 Å². The van der Waals surface area contributed by atoms with E-state index < -0.39 is 17.9 Å². The fourth-order valence-electron chi connectivity index (χ4n) is 3.02. The van der Waals surface area contributed by atoms with Crippen LogP contribution in [0.4, 0.5) is 0 Å². The normalized spacial score (nSPS) is 15.2. The van der Waals surface area contributed by atoms with E-state index in [1.165, 1.54) is 0 Å². The number of aryl methyl sites for hydroxylation is 1. The van der Waals surface area contributed by atoms with Crippen LogP contribution in [0.15, 0.2) is 34.9 Å². The van der Waals surface area contributed by atoms with Crippen LogP contribution in [0.5, 0.6) is 0 Å². The van der Waals surface area contributed by atoms with Gasteiger partial charge in [0.15, 0.2) is 5.69 Å². The van der Waals surface area contributed by atoms with Crippen LogP contribution in [0.25, 0.3) is 0 Å². The summed E-state index contributed by atoms with van der Waals surface area (Å²) < 4.78 is 5.29. The molecule has 1 aliphatic carbocycles. The first kappa shape index (κ1) is 16.2. The van der Waals surface area contributed by atoms with Crippen molar-refractivity contribution in [2.75, 3.05) is 0 Å². The molecule has 1 amide bonds. The van der Waals surface area contributed by atoms with Crippen LogP contribution in [0.2, 0.25) is 0 Å². The Hall–Kier alpha value is -2.63. The predicted molar refractivity (Wildman–Crippen MR) is 86.8 cm³/mol. The maximum atomic E-state index is 12.5. The number of aromatic nitrogens is 1. The second-order valence-corrected chi connectivity index (χ2v) is 6.05.